The standard InChI is InChI=1S/C23H26N2O3S/c1-5-17-9-10-18(6-2)19(12-17)20(26)14-29-23-25-24-22(28-23)13-27-21-11-15(3)7-8-16(21)4/h7-12H,5-6,13-14H2,1-4H3. The van der Waals surface area contributed by atoms with Crippen molar-refractivity contribution in [2.24, 2.45) is 0 Å². The molecule has 0 N–H and O–H groups in total. The molecule has 0 saturated carbocycles. The molecule has 0 fully saturated rings. The maximum Gasteiger partial charge on any atom is 0.277 e. The molecule has 5 nitrogen and oxygen atoms in total. The summed E-state index contributed by atoms with van der Waals surface area (Å²) in [7, 11) is 0. The van der Waals surface area contributed by atoms with Crippen molar-refractivity contribution in [3.05, 3.63) is 70.1 Å². The lowest BCUT2D eigenvalue weighted by Crippen LogP contribution is -2.07. The Balaban J connectivity index is 1.59. The molecule has 2 aromatic carbocycles. The Morgan fingerprint density at radius 2 is 1.90 bits per heavy atom. The molecule has 6 heteroatoms. The number of benzene rings is 2. The number of aromatic nitrogens is 2. The number of thioether (sulfide) groups is 1. The first-order valence-corrected chi connectivity index (χ1v) is 10.8. The van der Waals surface area contributed by atoms with Crippen molar-refractivity contribution in [1.29, 1.82) is 0 Å². The van der Waals surface area contributed by atoms with Gasteiger partial charge in [-0.3, -0.25) is 4.79 Å². The van der Waals surface area contributed by atoms with Crippen molar-refractivity contribution in [3.63, 3.8) is 0 Å². The summed E-state index contributed by atoms with van der Waals surface area (Å²) in [6.45, 7) is 8.36. The molecule has 0 atom stereocenters. The van der Waals surface area contributed by atoms with E-state index in [2.05, 4.69) is 30.1 Å². The van der Waals surface area contributed by atoms with E-state index in [9.17, 15) is 4.79 Å². The van der Waals surface area contributed by atoms with Gasteiger partial charge in [-0.25, -0.2) is 0 Å². The Bertz CT molecular complexity index is 998. The fourth-order valence-electron chi connectivity index (χ4n) is 2.97. The van der Waals surface area contributed by atoms with Gasteiger partial charge in [0.05, 0.1) is 5.75 Å². The molecule has 0 radical (unpaired) electrons. The van der Waals surface area contributed by atoms with Crippen LogP contribution in [-0.4, -0.2) is 21.7 Å². The summed E-state index contributed by atoms with van der Waals surface area (Å²) in [6.07, 6.45) is 1.74. The third-order valence-corrected chi connectivity index (χ3v) is 5.55. The minimum atomic E-state index is 0.0773. The number of aryl methyl sites for hydroxylation is 4. The molecule has 29 heavy (non-hydrogen) atoms. The van der Waals surface area contributed by atoms with E-state index in [1.54, 1.807) is 0 Å². The largest absolute Gasteiger partial charge is 0.484 e. The number of Topliss-reactive ketones (excluding diaryl/α,β-unsaturated/α-hetero) is 1. The van der Waals surface area contributed by atoms with E-state index in [1.807, 2.05) is 44.2 Å². The lowest BCUT2D eigenvalue weighted by Gasteiger charge is -2.08. The third kappa shape index (κ3) is 5.48. The molecule has 0 amide bonds. The number of carbonyl (C=O) groups is 1. The van der Waals surface area contributed by atoms with Crippen molar-refractivity contribution in [1.82, 2.24) is 10.2 Å². The second kappa shape index (κ2) is 9.74. The van der Waals surface area contributed by atoms with Crippen LogP contribution in [0.25, 0.3) is 0 Å². The van der Waals surface area contributed by atoms with Crippen molar-refractivity contribution in [3.8, 4) is 5.75 Å². The fourth-order valence-corrected chi connectivity index (χ4v) is 3.64. The summed E-state index contributed by atoms with van der Waals surface area (Å²) in [6, 6.07) is 12.2. The first-order valence-electron chi connectivity index (χ1n) is 9.80. The van der Waals surface area contributed by atoms with E-state index in [-0.39, 0.29) is 18.1 Å². The lowest BCUT2D eigenvalue weighted by molar-refractivity contribution is 0.102. The molecule has 0 aliphatic carbocycles. The molecular formula is C23H26N2O3S. The molecule has 0 bridgehead atoms. The van der Waals surface area contributed by atoms with E-state index in [0.29, 0.717) is 11.1 Å². The third-order valence-electron chi connectivity index (χ3n) is 4.73. The van der Waals surface area contributed by atoms with Gasteiger partial charge in [-0.15, -0.1) is 10.2 Å². The van der Waals surface area contributed by atoms with Gasteiger partial charge < -0.3 is 9.15 Å². The minimum absolute atomic E-state index is 0.0773. The second-order valence-corrected chi connectivity index (χ2v) is 7.86. The summed E-state index contributed by atoms with van der Waals surface area (Å²) in [5, 5.41) is 8.42. The summed E-state index contributed by atoms with van der Waals surface area (Å²) in [4.78, 5) is 12.7. The van der Waals surface area contributed by atoms with Gasteiger partial charge in [-0.1, -0.05) is 49.9 Å². The number of hydrogen-bond donors (Lipinski definition) is 0. The maximum atomic E-state index is 12.7. The van der Waals surface area contributed by atoms with Crippen molar-refractivity contribution < 1.29 is 13.9 Å². The minimum Gasteiger partial charge on any atom is -0.484 e. The Morgan fingerprint density at radius 3 is 2.66 bits per heavy atom. The van der Waals surface area contributed by atoms with Crippen LogP contribution in [0, 0.1) is 13.8 Å². The first kappa shape index (κ1) is 21.1. The van der Waals surface area contributed by atoms with Crippen LogP contribution in [0.3, 0.4) is 0 Å². The monoisotopic (exact) mass is 410 g/mol. The van der Waals surface area contributed by atoms with E-state index in [4.69, 9.17) is 9.15 Å². The fraction of sp³-hybridized carbons (Fsp3) is 0.348. The Kier molecular flexibility index (Phi) is 7.09. The Morgan fingerprint density at radius 1 is 1.07 bits per heavy atom. The number of rotatable bonds is 9. The number of hydrogen-bond acceptors (Lipinski definition) is 6. The summed E-state index contributed by atoms with van der Waals surface area (Å²) in [5.74, 6) is 1.53. The van der Waals surface area contributed by atoms with Gasteiger partial charge in [-0.05, 0) is 61.1 Å². The van der Waals surface area contributed by atoms with E-state index < -0.39 is 0 Å². The number of ether oxygens (including phenoxy) is 1. The van der Waals surface area contributed by atoms with Gasteiger partial charge in [-0.2, -0.15) is 0 Å². The van der Waals surface area contributed by atoms with Crippen LogP contribution < -0.4 is 4.74 Å². The summed E-state index contributed by atoms with van der Waals surface area (Å²) in [5.41, 5.74) is 5.21. The summed E-state index contributed by atoms with van der Waals surface area (Å²) >= 11 is 1.26. The Hall–Kier alpha value is -2.60. The highest BCUT2D eigenvalue weighted by atomic mass is 32.2. The molecular weight excluding hydrogens is 384 g/mol. The van der Waals surface area contributed by atoms with Gasteiger partial charge >= 0.3 is 0 Å². The molecule has 152 valence electrons. The molecule has 3 rings (SSSR count). The van der Waals surface area contributed by atoms with Crippen LogP contribution >= 0.6 is 11.8 Å². The quantitative estimate of drug-likeness (QED) is 0.349. The van der Waals surface area contributed by atoms with Crippen LogP contribution in [0.1, 0.15) is 52.3 Å². The Labute approximate surface area is 175 Å². The predicted octanol–water partition coefficient (Wildman–Crippen LogP) is 5.37. The zero-order valence-corrected chi connectivity index (χ0v) is 18.1. The normalized spacial score (nSPS) is 10.9. The number of carbonyl (C=O) groups excluding carboxylic acids is 1. The number of ketones is 1. The van der Waals surface area contributed by atoms with Gasteiger partial charge in [0.15, 0.2) is 12.4 Å². The van der Waals surface area contributed by atoms with Gasteiger partial charge in [0.2, 0.25) is 0 Å². The molecule has 0 unspecified atom stereocenters. The number of nitrogens with zero attached hydrogens (tertiary/aromatic N) is 2. The maximum absolute atomic E-state index is 12.7. The van der Waals surface area contributed by atoms with E-state index in [0.717, 1.165) is 40.8 Å². The molecule has 0 aliphatic rings. The van der Waals surface area contributed by atoms with Crippen LogP contribution in [-0.2, 0) is 19.4 Å². The van der Waals surface area contributed by atoms with Gasteiger partial charge in [0, 0.05) is 5.56 Å². The topological polar surface area (TPSA) is 65.2 Å². The van der Waals surface area contributed by atoms with Gasteiger partial charge in [0.25, 0.3) is 11.1 Å². The second-order valence-electron chi connectivity index (χ2n) is 6.93. The zero-order valence-electron chi connectivity index (χ0n) is 17.3. The van der Waals surface area contributed by atoms with Crippen LogP contribution in [0.5, 0.6) is 5.75 Å². The highest BCUT2D eigenvalue weighted by Crippen LogP contribution is 2.23. The van der Waals surface area contributed by atoms with Crippen LogP contribution in [0.4, 0.5) is 0 Å². The van der Waals surface area contributed by atoms with E-state index >= 15 is 0 Å². The highest BCUT2D eigenvalue weighted by molar-refractivity contribution is 7.99. The highest BCUT2D eigenvalue weighted by Gasteiger charge is 2.15. The molecule has 1 aromatic heterocycles. The molecule has 0 spiro atoms. The molecule has 1 heterocycles. The van der Waals surface area contributed by atoms with Crippen molar-refractivity contribution >= 4 is 17.5 Å². The summed E-state index contributed by atoms with van der Waals surface area (Å²) < 4.78 is 11.4. The molecule has 0 saturated heterocycles. The molecule has 0 aliphatic heterocycles. The van der Waals surface area contributed by atoms with Gasteiger partial charge in [0.1, 0.15) is 5.75 Å². The molecule has 3 aromatic rings. The first-order chi connectivity index (χ1) is 14.0. The van der Waals surface area contributed by atoms with Crippen molar-refractivity contribution in [2.45, 2.75) is 52.4 Å². The average molecular weight is 411 g/mol. The van der Waals surface area contributed by atoms with Crippen LogP contribution in [0.15, 0.2) is 46.0 Å². The smallest absolute Gasteiger partial charge is 0.277 e. The SMILES string of the molecule is CCc1ccc(CC)c(C(=O)CSc2nnc(COc3cc(C)ccc3C)o2)c1. The van der Waals surface area contributed by atoms with E-state index in [1.165, 1.54) is 17.3 Å². The predicted molar refractivity (Wildman–Crippen MR) is 115 cm³/mol. The van der Waals surface area contributed by atoms with Crippen molar-refractivity contribution in [2.75, 3.05) is 5.75 Å². The van der Waals surface area contributed by atoms with Crippen LogP contribution in [0.2, 0.25) is 0 Å². The average Bonchev–Trinajstić information content (AvgIpc) is 3.20. The zero-order chi connectivity index (χ0) is 20.8. The lowest BCUT2D eigenvalue weighted by atomic mass is 9.98.